The van der Waals surface area contributed by atoms with Crippen LogP contribution >= 0.6 is 23.2 Å². The van der Waals surface area contributed by atoms with Gasteiger partial charge in [-0.15, -0.1) is 0 Å². The molecule has 0 aromatic heterocycles. The molecule has 0 amide bonds. The highest BCUT2D eigenvalue weighted by atomic mass is 35.5. The van der Waals surface area contributed by atoms with Crippen LogP contribution in [0.4, 0.5) is 0 Å². The topological polar surface area (TPSA) is 72.2 Å². The van der Waals surface area contributed by atoms with E-state index < -0.39 is 10.2 Å². The Labute approximate surface area is 105 Å². The number of hydrogen-bond donors (Lipinski definition) is 2. The maximum Gasteiger partial charge on any atom is 0.274 e. The zero-order chi connectivity index (χ0) is 12.3. The summed E-state index contributed by atoms with van der Waals surface area (Å²) in [7, 11) is -3.71. The normalized spacial score (nSPS) is 13.8. The van der Waals surface area contributed by atoms with Gasteiger partial charge in [0.15, 0.2) is 0 Å². The quantitative estimate of drug-likeness (QED) is 0.883. The Morgan fingerprint density at radius 2 is 1.88 bits per heavy atom. The molecule has 0 fully saturated rings. The van der Waals surface area contributed by atoms with Crippen LogP contribution < -0.4 is 9.86 Å². The van der Waals surface area contributed by atoms with E-state index in [2.05, 4.69) is 4.72 Å². The van der Waals surface area contributed by atoms with Gasteiger partial charge in [-0.1, -0.05) is 29.3 Å². The summed E-state index contributed by atoms with van der Waals surface area (Å²) in [5.41, 5.74) is 0.703. The molecule has 3 N–H and O–H groups in total. The number of benzene rings is 1. The minimum Gasteiger partial charge on any atom is -0.216 e. The van der Waals surface area contributed by atoms with Gasteiger partial charge in [-0.2, -0.15) is 13.1 Å². The van der Waals surface area contributed by atoms with E-state index in [9.17, 15) is 8.42 Å². The zero-order valence-corrected chi connectivity index (χ0v) is 10.9. The van der Waals surface area contributed by atoms with Crippen LogP contribution in [0.2, 0.25) is 10.0 Å². The van der Waals surface area contributed by atoms with Crippen LogP contribution in [-0.4, -0.2) is 14.5 Å². The molecule has 0 unspecified atom stereocenters. The molecule has 0 radical (unpaired) electrons. The average molecular weight is 283 g/mol. The largest absolute Gasteiger partial charge is 0.274 e. The van der Waals surface area contributed by atoms with Crippen molar-refractivity contribution in [2.75, 3.05) is 0 Å². The van der Waals surface area contributed by atoms with Crippen LogP contribution in [0.15, 0.2) is 18.2 Å². The van der Waals surface area contributed by atoms with E-state index >= 15 is 0 Å². The molecule has 1 aromatic rings. The third-order valence-corrected chi connectivity index (χ3v) is 3.38. The van der Waals surface area contributed by atoms with Crippen molar-refractivity contribution in [3.05, 3.63) is 33.8 Å². The number of halogens is 2. The van der Waals surface area contributed by atoms with Crippen molar-refractivity contribution in [3.63, 3.8) is 0 Å². The maximum absolute atomic E-state index is 10.8. The summed E-state index contributed by atoms with van der Waals surface area (Å²) in [6.45, 7) is 1.68. The van der Waals surface area contributed by atoms with Gasteiger partial charge in [-0.05, 0) is 31.0 Å². The van der Waals surface area contributed by atoms with Crippen molar-refractivity contribution >= 4 is 33.4 Å². The summed E-state index contributed by atoms with van der Waals surface area (Å²) in [6, 6.07) is 4.76. The number of nitrogens with one attached hydrogen (secondary N) is 1. The molecule has 1 rings (SSSR count). The van der Waals surface area contributed by atoms with Gasteiger partial charge in [0.25, 0.3) is 10.2 Å². The molecule has 0 aliphatic carbocycles. The van der Waals surface area contributed by atoms with E-state index in [1.165, 1.54) is 0 Å². The molecule has 0 spiro atoms. The van der Waals surface area contributed by atoms with E-state index in [0.29, 0.717) is 22.0 Å². The first-order chi connectivity index (χ1) is 7.29. The summed E-state index contributed by atoms with van der Waals surface area (Å²) in [5, 5.41) is 5.88. The van der Waals surface area contributed by atoms with Crippen LogP contribution in [0, 0.1) is 0 Å². The molecular weight excluding hydrogens is 271 g/mol. The summed E-state index contributed by atoms with van der Waals surface area (Å²) < 4.78 is 23.9. The second-order valence-electron chi connectivity index (χ2n) is 3.47. The highest BCUT2D eigenvalue weighted by Crippen LogP contribution is 2.25. The average Bonchev–Trinajstić information content (AvgIpc) is 2.08. The molecule has 1 atom stereocenters. The zero-order valence-electron chi connectivity index (χ0n) is 8.57. The molecule has 4 nitrogen and oxygen atoms in total. The van der Waals surface area contributed by atoms with Crippen LogP contribution in [0.25, 0.3) is 0 Å². The van der Waals surface area contributed by atoms with Gasteiger partial charge < -0.3 is 0 Å². The van der Waals surface area contributed by atoms with Crippen LogP contribution in [-0.2, 0) is 16.6 Å². The maximum atomic E-state index is 10.8. The summed E-state index contributed by atoms with van der Waals surface area (Å²) in [5.74, 6) is 0. The lowest BCUT2D eigenvalue weighted by Crippen LogP contribution is -2.38. The van der Waals surface area contributed by atoms with E-state index in [4.69, 9.17) is 28.3 Å². The fourth-order valence-corrected chi connectivity index (χ4v) is 2.55. The molecule has 1 aromatic carbocycles. The second kappa shape index (κ2) is 5.33. The van der Waals surface area contributed by atoms with E-state index in [0.717, 1.165) is 0 Å². The molecule has 0 saturated heterocycles. The highest BCUT2D eigenvalue weighted by molar-refractivity contribution is 7.87. The molecule has 0 saturated carbocycles. The van der Waals surface area contributed by atoms with Crippen molar-refractivity contribution < 1.29 is 8.42 Å². The Hall–Kier alpha value is -0.330. The lowest BCUT2D eigenvalue weighted by atomic mass is 10.1. The van der Waals surface area contributed by atoms with Gasteiger partial charge in [-0.25, -0.2) is 5.14 Å². The number of nitrogens with two attached hydrogens (primary N) is 1. The first kappa shape index (κ1) is 13.7. The lowest BCUT2D eigenvalue weighted by Gasteiger charge is -2.13. The van der Waals surface area contributed by atoms with E-state index in [1.54, 1.807) is 25.1 Å². The highest BCUT2D eigenvalue weighted by Gasteiger charge is 2.13. The molecule has 0 aliphatic heterocycles. The molecule has 90 valence electrons. The second-order valence-corrected chi connectivity index (χ2v) is 5.61. The van der Waals surface area contributed by atoms with Gasteiger partial charge in [0.1, 0.15) is 0 Å². The van der Waals surface area contributed by atoms with Crippen molar-refractivity contribution in [2.45, 2.75) is 19.4 Å². The minimum atomic E-state index is -3.71. The molecule has 0 aliphatic rings. The van der Waals surface area contributed by atoms with Crippen LogP contribution in [0.3, 0.4) is 0 Å². The van der Waals surface area contributed by atoms with Gasteiger partial charge >= 0.3 is 0 Å². The first-order valence-corrected chi connectivity index (χ1v) is 6.83. The van der Waals surface area contributed by atoms with Gasteiger partial charge in [0.2, 0.25) is 0 Å². The molecule has 16 heavy (non-hydrogen) atoms. The van der Waals surface area contributed by atoms with Crippen molar-refractivity contribution in [3.8, 4) is 0 Å². The number of hydrogen-bond acceptors (Lipinski definition) is 2. The fraction of sp³-hybridized carbons (Fsp3) is 0.333. The standard InChI is InChI=1S/C9H12Cl2N2O2S/c1-6(13-16(12,14)15)5-7-8(10)3-2-4-9(7)11/h2-4,6,13H,5H2,1H3,(H2,12,14,15)/t6-/m1/s1. The lowest BCUT2D eigenvalue weighted by molar-refractivity contribution is 0.561. The fourth-order valence-electron chi connectivity index (χ4n) is 1.36. The predicted octanol–water partition coefficient (Wildman–Crippen LogP) is 1.72. The van der Waals surface area contributed by atoms with E-state index in [-0.39, 0.29) is 6.04 Å². The smallest absolute Gasteiger partial charge is 0.216 e. The summed E-state index contributed by atoms with van der Waals surface area (Å²) >= 11 is 11.9. The van der Waals surface area contributed by atoms with Crippen molar-refractivity contribution in [1.82, 2.24) is 4.72 Å². The summed E-state index contributed by atoms with van der Waals surface area (Å²) in [6.07, 6.45) is 0.384. The number of rotatable bonds is 4. The van der Waals surface area contributed by atoms with Gasteiger partial charge in [0.05, 0.1) is 0 Å². The van der Waals surface area contributed by atoms with Gasteiger partial charge in [0, 0.05) is 16.1 Å². The van der Waals surface area contributed by atoms with Crippen molar-refractivity contribution in [2.24, 2.45) is 5.14 Å². The SMILES string of the molecule is C[C@H](Cc1c(Cl)cccc1Cl)NS(N)(=O)=O. The Morgan fingerprint density at radius 1 is 1.38 bits per heavy atom. The molecule has 0 bridgehead atoms. The van der Waals surface area contributed by atoms with Crippen LogP contribution in [0.1, 0.15) is 12.5 Å². The van der Waals surface area contributed by atoms with Gasteiger partial charge in [-0.3, -0.25) is 0 Å². The summed E-state index contributed by atoms with van der Waals surface area (Å²) in [4.78, 5) is 0. The van der Waals surface area contributed by atoms with Crippen LogP contribution in [0.5, 0.6) is 0 Å². The minimum absolute atomic E-state index is 0.368. The molecule has 0 heterocycles. The predicted molar refractivity (Wildman–Crippen MR) is 65.9 cm³/mol. The Morgan fingerprint density at radius 3 is 2.31 bits per heavy atom. The Bertz CT molecular complexity index is 456. The van der Waals surface area contributed by atoms with Crippen molar-refractivity contribution in [1.29, 1.82) is 0 Å². The Kier molecular flexibility index (Phi) is 4.58. The molecule has 7 heteroatoms. The first-order valence-electron chi connectivity index (χ1n) is 4.52. The Balaban J connectivity index is 2.81. The third-order valence-electron chi connectivity index (χ3n) is 1.94. The molecular formula is C9H12Cl2N2O2S. The third kappa shape index (κ3) is 4.27. The monoisotopic (exact) mass is 282 g/mol. The van der Waals surface area contributed by atoms with E-state index in [1.807, 2.05) is 0 Å².